The summed E-state index contributed by atoms with van der Waals surface area (Å²) in [4.78, 5) is 24.0. The van der Waals surface area contributed by atoms with E-state index in [-0.39, 0.29) is 11.5 Å². The molecule has 0 aliphatic heterocycles. The highest BCUT2D eigenvalue weighted by Gasteiger charge is 2.27. The van der Waals surface area contributed by atoms with Gasteiger partial charge in [0.05, 0.1) is 23.9 Å². The Kier molecular flexibility index (Phi) is 8.80. The van der Waals surface area contributed by atoms with E-state index in [4.69, 9.17) is 4.74 Å². The van der Waals surface area contributed by atoms with Crippen LogP contribution in [0.25, 0.3) is 0 Å². The molecule has 3 rings (SSSR count). The van der Waals surface area contributed by atoms with E-state index in [0.717, 1.165) is 15.4 Å². The summed E-state index contributed by atoms with van der Waals surface area (Å²) >= 11 is 0. The molecule has 0 unspecified atom stereocenters. The molecule has 0 aliphatic rings. The quantitative estimate of drug-likeness (QED) is 0.255. The molecule has 9 nitrogen and oxygen atoms in total. The molecule has 0 atom stereocenters. The Morgan fingerprint density at radius 1 is 0.972 bits per heavy atom. The highest BCUT2D eigenvalue weighted by molar-refractivity contribution is 7.92. The summed E-state index contributed by atoms with van der Waals surface area (Å²) in [5.41, 5.74) is 5.10. The maximum Gasteiger partial charge on any atom is 0.343 e. The summed E-state index contributed by atoms with van der Waals surface area (Å²) in [6.45, 7) is 2.99. The lowest BCUT2D eigenvalue weighted by atomic mass is 10.2. The van der Waals surface area contributed by atoms with Crippen molar-refractivity contribution in [1.29, 1.82) is 0 Å². The molecule has 1 amide bonds. The average Bonchev–Trinajstić information content (AvgIpc) is 2.86. The molecule has 1 N–H and O–H groups in total. The number of hydrogen-bond acceptors (Lipinski definition) is 7. The fourth-order valence-corrected chi connectivity index (χ4v) is 4.58. The van der Waals surface area contributed by atoms with E-state index in [9.17, 15) is 18.0 Å². The number of anilines is 1. The maximum absolute atomic E-state index is 13.4. The van der Waals surface area contributed by atoms with Crippen molar-refractivity contribution in [2.75, 3.05) is 24.6 Å². The van der Waals surface area contributed by atoms with Crippen LogP contribution in [0.15, 0.2) is 82.8 Å². The molecular weight excluding hydrogens is 482 g/mol. The zero-order valence-corrected chi connectivity index (χ0v) is 21.0. The molecule has 0 radical (unpaired) electrons. The Bertz CT molecular complexity index is 1350. The van der Waals surface area contributed by atoms with Gasteiger partial charge in [-0.3, -0.25) is 9.10 Å². The summed E-state index contributed by atoms with van der Waals surface area (Å²) < 4.78 is 37.7. The van der Waals surface area contributed by atoms with Gasteiger partial charge in [0, 0.05) is 0 Å². The molecule has 0 aromatic heterocycles. The predicted molar refractivity (Wildman–Crippen MR) is 137 cm³/mol. The van der Waals surface area contributed by atoms with Crippen LogP contribution in [0, 0.1) is 13.8 Å². The number of hydrazone groups is 1. The third-order valence-electron chi connectivity index (χ3n) is 5.03. The highest BCUT2D eigenvalue weighted by atomic mass is 32.2. The number of aryl methyl sites for hydroxylation is 2. The minimum Gasteiger partial charge on any atom is -0.482 e. The van der Waals surface area contributed by atoms with Crippen molar-refractivity contribution in [3.05, 3.63) is 89.5 Å². The van der Waals surface area contributed by atoms with Gasteiger partial charge in [0.1, 0.15) is 12.3 Å². The van der Waals surface area contributed by atoms with Gasteiger partial charge in [-0.1, -0.05) is 42.0 Å². The van der Waals surface area contributed by atoms with E-state index in [1.165, 1.54) is 25.5 Å². The number of nitrogens with one attached hydrogen (secondary N) is 1. The Morgan fingerprint density at radius 3 is 2.39 bits per heavy atom. The summed E-state index contributed by atoms with van der Waals surface area (Å²) in [6, 6.07) is 20.0. The molecular formula is C26H27N3O6S. The molecule has 0 saturated heterocycles. The predicted octanol–water partition coefficient (Wildman–Crippen LogP) is 3.20. The lowest BCUT2D eigenvalue weighted by Gasteiger charge is -2.24. The van der Waals surface area contributed by atoms with Crippen molar-refractivity contribution in [2.45, 2.75) is 18.7 Å². The van der Waals surface area contributed by atoms with Crippen LogP contribution < -0.4 is 14.5 Å². The van der Waals surface area contributed by atoms with E-state index < -0.39 is 28.4 Å². The van der Waals surface area contributed by atoms with E-state index in [0.29, 0.717) is 17.0 Å². The first kappa shape index (κ1) is 26.4. The third kappa shape index (κ3) is 7.16. The van der Waals surface area contributed by atoms with Gasteiger partial charge in [-0.25, -0.2) is 18.6 Å². The first-order chi connectivity index (χ1) is 17.2. The molecule has 10 heteroatoms. The topological polar surface area (TPSA) is 114 Å². The lowest BCUT2D eigenvalue weighted by Crippen LogP contribution is -2.39. The molecule has 0 heterocycles. The number of nitrogens with zero attached hydrogens (tertiary/aromatic N) is 2. The van der Waals surface area contributed by atoms with Gasteiger partial charge in [-0.05, 0) is 61.4 Å². The van der Waals surface area contributed by atoms with Crippen LogP contribution in [0.4, 0.5) is 5.69 Å². The number of methoxy groups -OCH3 is 1. The monoisotopic (exact) mass is 509 g/mol. The summed E-state index contributed by atoms with van der Waals surface area (Å²) in [5.74, 6) is -0.716. The van der Waals surface area contributed by atoms with Crippen LogP contribution in [0.3, 0.4) is 0 Å². The molecule has 0 aliphatic carbocycles. The molecule has 0 bridgehead atoms. The summed E-state index contributed by atoms with van der Waals surface area (Å²) in [6.07, 6.45) is 1.38. The lowest BCUT2D eigenvalue weighted by molar-refractivity contribution is -0.142. The normalized spacial score (nSPS) is 11.2. The Morgan fingerprint density at radius 2 is 1.69 bits per heavy atom. The molecule has 3 aromatic carbocycles. The fraction of sp³-hybridized carbons (Fsp3) is 0.192. The van der Waals surface area contributed by atoms with E-state index in [1.807, 2.05) is 19.9 Å². The second-order valence-corrected chi connectivity index (χ2v) is 9.76. The van der Waals surface area contributed by atoms with Crippen molar-refractivity contribution in [2.24, 2.45) is 5.10 Å². The van der Waals surface area contributed by atoms with Gasteiger partial charge in [0.15, 0.2) is 6.61 Å². The van der Waals surface area contributed by atoms with Crippen molar-refractivity contribution in [3.63, 3.8) is 0 Å². The van der Waals surface area contributed by atoms with E-state index in [1.54, 1.807) is 54.6 Å². The highest BCUT2D eigenvalue weighted by Crippen LogP contribution is 2.24. The van der Waals surface area contributed by atoms with Gasteiger partial charge in [-0.2, -0.15) is 5.10 Å². The molecule has 0 fully saturated rings. The van der Waals surface area contributed by atoms with E-state index in [2.05, 4.69) is 15.3 Å². The largest absolute Gasteiger partial charge is 0.482 e. The average molecular weight is 510 g/mol. The second-order valence-electron chi connectivity index (χ2n) is 7.89. The number of rotatable bonds is 10. The van der Waals surface area contributed by atoms with Gasteiger partial charge in [0.25, 0.3) is 15.9 Å². The molecule has 0 saturated carbocycles. The SMILES string of the molecule is COC(=O)COc1cccc(/C=N\NC(=O)CN(c2cccc(C)c2)S(=O)(=O)c2ccc(C)cc2)c1. The van der Waals surface area contributed by atoms with Crippen molar-refractivity contribution in [1.82, 2.24) is 5.43 Å². The number of hydrogen-bond donors (Lipinski definition) is 1. The first-order valence-corrected chi connectivity index (χ1v) is 12.4. The Labute approximate surface area is 210 Å². The molecule has 0 spiro atoms. The maximum atomic E-state index is 13.4. The van der Waals surface area contributed by atoms with Gasteiger partial charge in [-0.15, -0.1) is 0 Å². The smallest absolute Gasteiger partial charge is 0.343 e. The van der Waals surface area contributed by atoms with Crippen LogP contribution in [0.1, 0.15) is 16.7 Å². The number of sulfonamides is 1. The molecule has 188 valence electrons. The van der Waals surface area contributed by atoms with Crippen molar-refractivity contribution in [3.8, 4) is 5.75 Å². The fourth-order valence-electron chi connectivity index (χ4n) is 3.17. The Hall–Kier alpha value is -4.18. The zero-order valence-electron chi connectivity index (χ0n) is 20.2. The molecule has 36 heavy (non-hydrogen) atoms. The minimum atomic E-state index is -4.01. The van der Waals surface area contributed by atoms with Crippen LogP contribution in [-0.2, 0) is 24.3 Å². The van der Waals surface area contributed by atoms with Crippen LogP contribution in [-0.4, -0.2) is 46.8 Å². The standard InChI is InChI=1S/C26H27N3O6S/c1-19-10-12-24(13-11-19)36(32,33)29(22-8-4-6-20(2)14-22)17-25(30)28-27-16-21-7-5-9-23(15-21)35-18-26(31)34-3/h4-16H,17-18H2,1-3H3,(H,28,30)/b27-16-. The Balaban J connectivity index is 1.75. The second kappa shape index (κ2) is 12.0. The van der Waals surface area contributed by atoms with Crippen LogP contribution >= 0.6 is 0 Å². The van der Waals surface area contributed by atoms with Gasteiger partial charge < -0.3 is 9.47 Å². The summed E-state index contributed by atoms with van der Waals surface area (Å²) in [5, 5.41) is 3.93. The number of ether oxygens (including phenoxy) is 2. The van der Waals surface area contributed by atoms with Gasteiger partial charge in [0.2, 0.25) is 0 Å². The number of carbonyl (C=O) groups is 2. The van der Waals surface area contributed by atoms with Crippen LogP contribution in [0.5, 0.6) is 5.75 Å². The van der Waals surface area contributed by atoms with E-state index >= 15 is 0 Å². The number of carbonyl (C=O) groups excluding carboxylic acids is 2. The van der Waals surface area contributed by atoms with Gasteiger partial charge >= 0.3 is 5.97 Å². The molecule has 3 aromatic rings. The summed E-state index contributed by atoms with van der Waals surface area (Å²) in [7, 11) is -2.75. The number of amides is 1. The van der Waals surface area contributed by atoms with Crippen molar-refractivity contribution < 1.29 is 27.5 Å². The minimum absolute atomic E-state index is 0.0784. The van der Waals surface area contributed by atoms with Crippen LogP contribution in [0.2, 0.25) is 0 Å². The zero-order chi connectivity index (χ0) is 26.1. The van der Waals surface area contributed by atoms with Crippen molar-refractivity contribution >= 4 is 33.8 Å². The number of benzene rings is 3. The number of esters is 1. The third-order valence-corrected chi connectivity index (χ3v) is 6.82. The first-order valence-electron chi connectivity index (χ1n) is 11.0.